The molecule has 0 aromatic heterocycles. The second-order valence-corrected chi connectivity index (χ2v) is 9.67. The number of rotatable bonds is 9. The van der Waals surface area contributed by atoms with Crippen molar-refractivity contribution in [3.05, 3.63) is 23.8 Å². The molecule has 1 aromatic carbocycles. The molecule has 1 amide bonds. The first-order valence-electron chi connectivity index (χ1n) is 12.3. The lowest BCUT2D eigenvalue weighted by molar-refractivity contribution is -0.123. The van der Waals surface area contributed by atoms with E-state index in [-0.39, 0.29) is 5.91 Å². The zero-order valence-corrected chi connectivity index (χ0v) is 19.1. The van der Waals surface area contributed by atoms with E-state index in [9.17, 15) is 15.0 Å². The van der Waals surface area contributed by atoms with Crippen LogP contribution in [-0.4, -0.2) is 65.5 Å². The molecule has 1 aliphatic carbocycles. The standard InChI is InChI=1S/C25H38N2O5/c28-23(7-6-12-25(30)10-2-1-3-11-25)26-20(18-27-13-4-5-14-27)24(29)19-8-9-21-22(17-19)32-16-15-31-21/h8-9,17,20,24,29-30H,1-7,10-16,18H2,(H,26,28)/t20-,24-/m1/s1. The van der Waals surface area contributed by atoms with E-state index in [1.54, 1.807) is 0 Å². The van der Waals surface area contributed by atoms with Crippen LogP contribution < -0.4 is 14.8 Å². The summed E-state index contributed by atoms with van der Waals surface area (Å²) in [5, 5.41) is 25.0. The summed E-state index contributed by atoms with van der Waals surface area (Å²) in [7, 11) is 0. The maximum atomic E-state index is 12.8. The van der Waals surface area contributed by atoms with Gasteiger partial charge in [-0.3, -0.25) is 4.79 Å². The Morgan fingerprint density at radius 2 is 1.78 bits per heavy atom. The smallest absolute Gasteiger partial charge is 0.220 e. The fourth-order valence-electron chi connectivity index (χ4n) is 5.26. The Kier molecular flexibility index (Phi) is 7.92. The van der Waals surface area contributed by atoms with Crippen LogP contribution in [0.3, 0.4) is 0 Å². The summed E-state index contributed by atoms with van der Waals surface area (Å²) in [6, 6.07) is 5.09. The van der Waals surface area contributed by atoms with Crippen molar-refractivity contribution >= 4 is 5.91 Å². The lowest BCUT2D eigenvalue weighted by Crippen LogP contribution is -2.46. The number of aliphatic hydroxyl groups excluding tert-OH is 1. The van der Waals surface area contributed by atoms with Gasteiger partial charge in [0.1, 0.15) is 19.3 Å². The first-order valence-corrected chi connectivity index (χ1v) is 12.3. The molecule has 0 bridgehead atoms. The van der Waals surface area contributed by atoms with E-state index >= 15 is 0 Å². The second-order valence-electron chi connectivity index (χ2n) is 9.67. The lowest BCUT2D eigenvalue weighted by atomic mass is 9.81. The molecule has 178 valence electrons. The summed E-state index contributed by atoms with van der Waals surface area (Å²) in [6.45, 7) is 3.62. The van der Waals surface area contributed by atoms with Gasteiger partial charge in [0.25, 0.3) is 0 Å². The average Bonchev–Trinajstić information content (AvgIpc) is 3.31. The molecule has 7 nitrogen and oxygen atoms in total. The number of carbonyl (C=O) groups is 1. The van der Waals surface area contributed by atoms with Gasteiger partial charge in [-0.15, -0.1) is 0 Å². The molecule has 1 saturated heterocycles. The summed E-state index contributed by atoms with van der Waals surface area (Å²) in [4.78, 5) is 15.1. The maximum Gasteiger partial charge on any atom is 0.220 e. The molecule has 3 N–H and O–H groups in total. The summed E-state index contributed by atoms with van der Waals surface area (Å²) in [5.41, 5.74) is 0.119. The zero-order valence-electron chi connectivity index (χ0n) is 19.1. The third-order valence-corrected chi connectivity index (χ3v) is 7.12. The van der Waals surface area contributed by atoms with Gasteiger partial charge in [-0.05, 0) is 69.3 Å². The van der Waals surface area contributed by atoms with Crippen LogP contribution in [0.5, 0.6) is 11.5 Å². The Morgan fingerprint density at radius 1 is 1.06 bits per heavy atom. The van der Waals surface area contributed by atoms with E-state index < -0.39 is 17.7 Å². The number of hydrogen-bond donors (Lipinski definition) is 3. The number of carbonyl (C=O) groups excluding carboxylic acids is 1. The highest BCUT2D eigenvalue weighted by Gasteiger charge is 2.30. The number of amides is 1. The van der Waals surface area contributed by atoms with Crippen LogP contribution in [0.4, 0.5) is 0 Å². The van der Waals surface area contributed by atoms with Crippen LogP contribution in [0.1, 0.15) is 75.9 Å². The van der Waals surface area contributed by atoms with Crippen LogP contribution in [0.2, 0.25) is 0 Å². The van der Waals surface area contributed by atoms with Gasteiger partial charge in [0.15, 0.2) is 11.5 Å². The first kappa shape index (κ1) is 23.3. The lowest BCUT2D eigenvalue weighted by Gasteiger charge is -2.32. The Balaban J connectivity index is 1.36. The molecule has 2 atom stereocenters. The number of aliphatic hydroxyl groups is 2. The number of benzene rings is 1. The third kappa shape index (κ3) is 6.15. The van der Waals surface area contributed by atoms with Crippen molar-refractivity contribution in [2.45, 2.75) is 82.0 Å². The van der Waals surface area contributed by atoms with Gasteiger partial charge in [0.05, 0.1) is 11.6 Å². The second kappa shape index (κ2) is 10.9. The summed E-state index contributed by atoms with van der Waals surface area (Å²) in [5.74, 6) is 1.26. The highest BCUT2D eigenvalue weighted by molar-refractivity contribution is 5.76. The minimum Gasteiger partial charge on any atom is -0.486 e. The van der Waals surface area contributed by atoms with E-state index in [2.05, 4.69) is 10.2 Å². The summed E-state index contributed by atoms with van der Waals surface area (Å²) >= 11 is 0. The molecule has 2 fully saturated rings. The first-order chi connectivity index (χ1) is 15.5. The highest BCUT2D eigenvalue weighted by Crippen LogP contribution is 2.34. The molecule has 1 saturated carbocycles. The number of ether oxygens (including phenoxy) is 2. The monoisotopic (exact) mass is 446 g/mol. The van der Waals surface area contributed by atoms with Crippen molar-refractivity contribution in [3.63, 3.8) is 0 Å². The molecule has 32 heavy (non-hydrogen) atoms. The molecule has 2 aliphatic heterocycles. The normalized spacial score (nSPS) is 22.3. The van der Waals surface area contributed by atoms with Gasteiger partial charge in [-0.2, -0.15) is 0 Å². The molecule has 7 heteroatoms. The number of nitrogens with one attached hydrogen (secondary N) is 1. The van der Waals surface area contributed by atoms with Crippen LogP contribution in [0, 0.1) is 0 Å². The Morgan fingerprint density at radius 3 is 2.53 bits per heavy atom. The van der Waals surface area contributed by atoms with Gasteiger partial charge in [0, 0.05) is 13.0 Å². The number of nitrogens with zero attached hydrogens (tertiary/aromatic N) is 1. The molecule has 1 aromatic rings. The van der Waals surface area contributed by atoms with Crippen LogP contribution in [-0.2, 0) is 4.79 Å². The highest BCUT2D eigenvalue weighted by atomic mass is 16.6. The number of hydrogen-bond acceptors (Lipinski definition) is 6. The van der Waals surface area contributed by atoms with E-state index in [1.165, 1.54) is 6.42 Å². The van der Waals surface area contributed by atoms with Crippen molar-refractivity contribution in [1.29, 1.82) is 0 Å². The van der Waals surface area contributed by atoms with Crippen molar-refractivity contribution in [3.8, 4) is 11.5 Å². The number of fused-ring (bicyclic) bond motifs is 1. The van der Waals surface area contributed by atoms with Gasteiger partial charge >= 0.3 is 0 Å². The SMILES string of the molecule is O=C(CCCC1(O)CCCCC1)N[C@H](CN1CCCC1)[C@H](O)c1ccc2c(c1)OCCO2. The van der Waals surface area contributed by atoms with E-state index in [0.717, 1.165) is 57.2 Å². The molecular formula is C25H38N2O5. The van der Waals surface area contributed by atoms with Crippen LogP contribution >= 0.6 is 0 Å². The Bertz CT molecular complexity index is 759. The molecular weight excluding hydrogens is 408 g/mol. The molecule has 4 rings (SSSR count). The van der Waals surface area contributed by atoms with Crippen molar-refractivity contribution < 1.29 is 24.5 Å². The Hall–Kier alpha value is -1.83. The quantitative estimate of drug-likeness (QED) is 0.540. The van der Waals surface area contributed by atoms with Crippen LogP contribution in [0.25, 0.3) is 0 Å². The van der Waals surface area contributed by atoms with Gasteiger partial charge in [-0.1, -0.05) is 25.3 Å². The van der Waals surface area contributed by atoms with E-state index in [4.69, 9.17) is 9.47 Å². The van der Waals surface area contributed by atoms with Gasteiger partial charge < -0.3 is 29.9 Å². The number of likely N-dealkylation sites (tertiary alicyclic amines) is 1. The fourth-order valence-corrected chi connectivity index (χ4v) is 5.26. The summed E-state index contributed by atoms with van der Waals surface area (Å²) in [6.07, 6.45) is 8.19. The summed E-state index contributed by atoms with van der Waals surface area (Å²) < 4.78 is 11.3. The van der Waals surface area contributed by atoms with Crippen molar-refractivity contribution in [2.75, 3.05) is 32.8 Å². The largest absolute Gasteiger partial charge is 0.486 e. The van der Waals surface area contributed by atoms with Crippen LogP contribution in [0.15, 0.2) is 18.2 Å². The molecule has 3 aliphatic rings. The predicted molar refractivity (Wildman–Crippen MR) is 122 cm³/mol. The van der Waals surface area contributed by atoms with E-state index in [0.29, 0.717) is 50.5 Å². The molecule has 0 radical (unpaired) electrons. The predicted octanol–water partition coefficient (Wildman–Crippen LogP) is 2.94. The molecule has 2 heterocycles. The third-order valence-electron chi connectivity index (χ3n) is 7.12. The minimum absolute atomic E-state index is 0.0646. The fraction of sp³-hybridized carbons (Fsp3) is 0.720. The van der Waals surface area contributed by atoms with Gasteiger partial charge in [-0.25, -0.2) is 0 Å². The maximum absolute atomic E-state index is 12.8. The van der Waals surface area contributed by atoms with Crippen molar-refractivity contribution in [1.82, 2.24) is 10.2 Å². The zero-order chi connectivity index (χ0) is 22.4. The van der Waals surface area contributed by atoms with Crippen molar-refractivity contribution in [2.24, 2.45) is 0 Å². The topological polar surface area (TPSA) is 91.3 Å². The average molecular weight is 447 g/mol. The molecule has 0 spiro atoms. The minimum atomic E-state index is -0.835. The van der Waals surface area contributed by atoms with E-state index in [1.807, 2.05) is 18.2 Å². The molecule has 0 unspecified atom stereocenters. The van der Waals surface area contributed by atoms with Gasteiger partial charge in [0.2, 0.25) is 5.91 Å². The Labute approximate surface area is 191 Å².